The van der Waals surface area contributed by atoms with Crippen LogP contribution in [0.15, 0.2) is 18.2 Å². The van der Waals surface area contributed by atoms with Crippen molar-refractivity contribution in [2.45, 2.75) is 13.5 Å². The Labute approximate surface area is 84.4 Å². The molecule has 0 saturated heterocycles. The summed E-state index contributed by atoms with van der Waals surface area (Å²) in [5.41, 5.74) is 3.21. The molecule has 0 aliphatic carbocycles. The summed E-state index contributed by atoms with van der Waals surface area (Å²) in [5.74, 6) is 0.808. The standard InChI is InChI=1S/C10H15NOS/c1-8-2-3-9(7-12)6-10(8)11-4-5-13/h2-3,6,11-13H,4-5,7H2,1H3. The van der Waals surface area contributed by atoms with Gasteiger partial charge in [0, 0.05) is 18.0 Å². The first-order valence-corrected chi connectivity index (χ1v) is 4.96. The van der Waals surface area contributed by atoms with E-state index in [1.165, 1.54) is 5.56 Å². The smallest absolute Gasteiger partial charge is 0.0682 e. The van der Waals surface area contributed by atoms with Crippen LogP contribution in [-0.2, 0) is 6.61 Å². The Morgan fingerprint density at radius 2 is 2.23 bits per heavy atom. The second-order valence-corrected chi connectivity index (χ2v) is 3.40. The zero-order chi connectivity index (χ0) is 9.68. The van der Waals surface area contributed by atoms with E-state index in [0.29, 0.717) is 0 Å². The lowest BCUT2D eigenvalue weighted by Gasteiger charge is -2.09. The largest absolute Gasteiger partial charge is 0.392 e. The second kappa shape index (κ2) is 5.14. The lowest BCUT2D eigenvalue weighted by molar-refractivity contribution is 0.282. The van der Waals surface area contributed by atoms with Crippen molar-refractivity contribution < 1.29 is 5.11 Å². The molecule has 0 spiro atoms. The number of anilines is 1. The van der Waals surface area contributed by atoms with Crippen LogP contribution in [0.3, 0.4) is 0 Å². The van der Waals surface area contributed by atoms with Gasteiger partial charge in [-0.25, -0.2) is 0 Å². The van der Waals surface area contributed by atoms with Crippen LogP contribution < -0.4 is 5.32 Å². The number of thiol groups is 1. The maximum Gasteiger partial charge on any atom is 0.0682 e. The molecule has 3 heteroatoms. The maximum absolute atomic E-state index is 8.94. The van der Waals surface area contributed by atoms with Gasteiger partial charge in [-0.2, -0.15) is 12.6 Å². The lowest BCUT2D eigenvalue weighted by Crippen LogP contribution is -2.04. The maximum atomic E-state index is 8.94. The zero-order valence-electron chi connectivity index (χ0n) is 7.75. The minimum atomic E-state index is 0.0931. The molecule has 0 aliphatic heterocycles. The van der Waals surface area contributed by atoms with Gasteiger partial charge in [0.2, 0.25) is 0 Å². The van der Waals surface area contributed by atoms with Crippen molar-refractivity contribution in [2.24, 2.45) is 0 Å². The van der Waals surface area contributed by atoms with Gasteiger partial charge in [0.25, 0.3) is 0 Å². The molecular formula is C10H15NOS. The number of nitrogens with one attached hydrogen (secondary N) is 1. The van der Waals surface area contributed by atoms with Gasteiger partial charge >= 0.3 is 0 Å². The highest BCUT2D eigenvalue weighted by molar-refractivity contribution is 7.80. The molecule has 0 saturated carbocycles. The molecule has 72 valence electrons. The summed E-state index contributed by atoms with van der Waals surface area (Å²) >= 11 is 4.12. The normalized spacial score (nSPS) is 10.1. The number of rotatable bonds is 4. The van der Waals surface area contributed by atoms with Crippen molar-refractivity contribution in [1.82, 2.24) is 0 Å². The molecular weight excluding hydrogens is 182 g/mol. The lowest BCUT2D eigenvalue weighted by atomic mass is 10.1. The van der Waals surface area contributed by atoms with Crippen LogP contribution in [0.25, 0.3) is 0 Å². The van der Waals surface area contributed by atoms with E-state index >= 15 is 0 Å². The molecule has 0 aromatic heterocycles. The molecule has 1 rings (SSSR count). The third-order valence-corrected chi connectivity index (χ3v) is 2.14. The van der Waals surface area contributed by atoms with Crippen LogP contribution in [0.2, 0.25) is 0 Å². The van der Waals surface area contributed by atoms with E-state index in [0.717, 1.165) is 23.5 Å². The van der Waals surface area contributed by atoms with Crippen LogP contribution in [-0.4, -0.2) is 17.4 Å². The highest BCUT2D eigenvalue weighted by Crippen LogP contribution is 2.16. The van der Waals surface area contributed by atoms with Gasteiger partial charge in [-0.3, -0.25) is 0 Å². The molecule has 0 radical (unpaired) electrons. The van der Waals surface area contributed by atoms with Crippen molar-refractivity contribution in [3.05, 3.63) is 29.3 Å². The summed E-state index contributed by atoms with van der Waals surface area (Å²) in [7, 11) is 0. The van der Waals surface area contributed by atoms with Crippen LogP contribution in [0.1, 0.15) is 11.1 Å². The Bertz CT molecular complexity index is 276. The van der Waals surface area contributed by atoms with Gasteiger partial charge in [0.05, 0.1) is 6.61 Å². The van der Waals surface area contributed by atoms with Crippen molar-refractivity contribution in [3.63, 3.8) is 0 Å². The van der Waals surface area contributed by atoms with Gasteiger partial charge < -0.3 is 10.4 Å². The van der Waals surface area contributed by atoms with E-state index in [2.05, 4.69) is 17.9 Å². The number of benzene rings is 1. The molecule has 0 amide bonds. The van der Waals surface area contributed by atoms with Gasteiger partial charge in [0.1, 0.15) is 0 Å². The molecule has 1 aromatic carbocycles. The molecule has 0 heterocycles. The molecule has 0 unspecified atom stereocenters. The van der Waals surface area contributed by atoms with Crippen LogP contribution in [0.5, 0.6) is 0 Å². The van der Waals surface area contributed by atoms with Gasteiger partial charge in [-0.15, -0.1) is 0 Å². The first kappa shape index (κ1) is 10.4. The fourth-order valence-electron chi connectivity index (χ4n) is 1.15. The van der Waals surface area contributed by atoms with E-state index < -0.39 is 0 Å². The molecule has 2 N–H and O–H groups in total. The number of aliphatic hydroxyl groups excluding tert-OH is 1. The van der Waals surface area contributed by atoms with Crippen LogP contribution in [0.4, 0.5) is 5.69 Å². The molecule has 0 bridgehead atoms. The molecule has 1 aromatic rings. The summed E-state index contributed by atoms with van der Waals surface area (Å²) in [6.45, 7) is 2.98. The first-order valence-electron chi connectivity index (χ1n) is 4.33. The van der Waals surface area contributed by atoms with Crippen LogP contribution >= 0.6 is 12.6 Å². The summed E-state index contributed by atoms with van der Waals surface area (Å²) in [4.78, 5) is 0. The average molecular weight is 197 g/mol. The Morgan fingerprint density at radius 3 is 2.85 bits per heavy atom. The van der Waals surface area contributed by atoms with Gasteiger partial charge in [-0.1, -0.05) is 12.1 Å². The third kappa shape index (κ3) is 2.94. The van der Waals surface area contributed by atoms with E-state index in [1.807, 2.05) is 25.1 Å². The Morgan fingerprint density at radius 1 is 1.46 bits per heavy atom. The van der Waals surface area contributed by atoms with E-state index in [9.17, 15) is 0 Å². The highest BCUT2D eigenvalue weighted by Gasteiger charge is 1.98. The van der Waals surface area contributed by atoms with Crippen LogP contribution in [0, 0.1) is 6.92 Å². The number of aliphatic hydroxyl groups is 1. The summed E-state index contributed by atoms with van der Waals surface area (Å²) in [6.07, 6.45) is 0. The fraction of sp³-hybridized carbons (Fsp3) is 0.400. The first-order chi connectivity index (χ1) is 6.27. The minimum absolute atomic E-state index is 0.0931. The highest BCUT2D eigenvalue weighted by atomic mass is 32.1. The summed E-state index contributed by atoms with van der Waals surface area (Å²) < 4.78 is 0. The fourth-order valence-corrected chi connectivity index (χ4v) is 1.26. The molecule has 0 atom stereocenters. The molecule has 0 fully saturated rings. The van der Waals surface area contributed by atoms with Gasteiger partial charge in [0.15, 0.2) is 0 Å². The molecule has 13 heavy (non-hydrogen) atoms. The topological polar surface area (TPSA) is 32.3 Å². The van der Waals surface area contributed by atoms with E-state index in [4.69, 9.17) is 5.11 Å². The molecule has 0 aliphatic rings. The van der Waals surface area contributed by atoms with Gasteiger partial charge in [-0.05, 0) is 24.1 Å². The predicted octanol–water partition coefficient (Wildman–Crippen LogP) is 1.83. The number of aryl methyl sites for hydroxylation is 1. The van der Waals surface area contributed by atoms with E-state index in [1.54, 1.807) is 0 Å². The predicted molar refractivity (Wildman–Crippen MR) is 59.4 cm³/mol. The van der Waals surface area contributed by atoms with Crippen molar-refractivity contribution in [3.8, 4) is 0 Å². The van der Waals surface area contributed by atoms with Crippen molar-refractivity contribution >= 4 is 18.3 Å². The minimum Gasteiger partial charge on any atom is -0.392 e. The quantitative estimate of drug-likeness (QED) is 0.643. The summed E-state index contributed by atoms with van der Waals surface area (Å²) in [6, 6.07) is 5.91. The Hall–Kier alpha value is -0.670. The third-order valence-electron chi connectivity index (χ3n) is 1.91. The van der Waals surface area contributed by atoms with E-state index in [-0.39, 0.29) is 6.61 Å². The monoisotopic (exact) mass is 197 g/mol. The SMILES string of the molecule is Cc1ccc(CO)cc1NCCS. The second-order valence-electron chi connectivity index (χ2n) is 2.96. The Kier molecular flexibility index (Phi) is 4.12. The summed E-state index contributed by atoms with van der Waals surface area (Å²) in [5, 5.41) is 12.2. The van der Waals surface area contributed by atoms with Crippen molar-refractivity contribution in [2.75, 3.05) is 17.6 Å². The molecule has 2 nitrogen and oxygen atoms in total. The average Bonchev–Trinajstić information content (AvgIpc) is 2.17. The zero-order valence-corrected chi connectivity index (χ0v) is 8.64. The number of hydrogen-bond donors (Lipinski definition) is 3. The van der Waals surface area contributed by atoms with Crippen molar-refractivity contribution in [1.29, 1.82) is 0 Å². The number of hydrogen-bond acceptors (Lipinski definition) is 3. The Balaban J connectivity index is 2.78.